The lowest BCUT2D eigenvalue weighted by molar-refractivity contribution is -0.141. The fourth-order valence-corrected chi connectivity index (χ4v) is 2.13. The van der Waals surface area contributed by atoms with E-state index in [9.17, 15) is 4.79 Å². The number of rotatable bonds is 25. The zero-order valence-electron chi connectivity index (χ0n) is 18.9. The van der Waals surface area contributed by atoms with Crippen LogP contribution in [0.2, 0.25) is 0 Å². The Morgan fingerprint density at radius 3 is 1.17 bits per heavy atom. The van der Waals surface area contributed by atoms with Crippen LogP contribution in [-0.2, 0) is 42.7 Å². The molecular weight excluding hydrogens is 396 g/mol. The van der Waals surface area contributed by atoms with Gasteiger partial charge in [-0.05, 0) is 6.42 Å². The van der Waals surface area contributed by atoms with E-state index in [1.807, 2.05) is 0 Å². The Kier molecular flexibility index (Phi) is 25.5. The second-order valence-electron chi connectivity index (χ2n) is 6.32. The normalized spacial score (nSPS) is 11.1. The highest BCUT2D eigenvalue weighted by atomic mass is 16.6. The van der Waals surface area contributed by atoms with Gasteiger partial charge in [-0.3, -0.25) is 4.79 Å². The lowest BCUT2D eigenvalue weighted by Gasteiger charge is -2.08. The monoisotopic (exact) mass is 438 g/mol. The molecule has 9 nitrogen and oxygen atoms in total. The molecule has 0 bridgehead atoms. The number of hydrogen-bond acceptors (Lipinski definition) is 9. The molecule has 0 saturated carbocycles. The van der Waals surface area contributed by atoms with Gasteiger partial charge in [-0.15, -0.1) is 0 Å². The molecule has 0 amide bonds. The summed E-state index contributed by atoms with van der Waals surface area (Å²) in [5.41, 5.74) is 0. The second kappa shape index (κ2) is 26.2. The minimum Gasteiger partial charge on any atom is -0.469 e. The van der Waals surface area contributed by atoms with E-state index in [4.69, 9.17) is 33.2 Å². The number of esters is 1. The van der Waals surface area contributed by atoms with E-state index in [-0.39, 0.29) is 12.4 Å². The summed E-state index contributed by atoms with van der Waals surface area (Å²) in [7, 11) is 1.36. The third-order valence-corrected chi connectivity index (χ3v) is 3.80. The highest BCUT2D eigenvalue weighted by Crippen LogP contribution is 1.94. The van der Waals surface area contributed by atoms with Crippen molar-refractivity contribution in [1.82, 2.24) is 0 Å². The highest BCUT2D eigenvalue weighted by Gasteiger charge is 1.99. The Balaban J connectivity index is 3.01. The Morgan fingerprint density at radius 2 is 0.833 bits per heavy atom. The van der Waals surface area contributed by atoms with E-state index in [1.54, 1.807) is 0 Å². The van der Waals surface area contributed by atoms with E-state index in [1.165, 1.54) is 20.0 Å². The average molecular weight is 439 g/mol. The van der Waals surface area contributed by atoms with Gasteiger partial charge < -0.3 is 37.9 Å². The van der Waals surface area contributed by atoms with Gasteiger partial charge >= 0.3 is 5.97 Å². The second-order valence-corrected chi connectivity index (χ2v) is 6.32. The average Bonchev–Trinajstić information content (AvgIpc) is 2.76. The minimum absolute atomic E-state index is 0.257. The van der Waals surface area contributed by atoms with Crippen LogP contribution in [0.1, 0.15) is 32.6 Å². The van der Waals surface area contributed by atoms with Crippen LogP contribution < -0.4 is 0 Å². The number of carbonyl (C=O) groups excluding carboxylic acids is 1. The van der Waals surface area contributed by atoms with Gasteiger partial charge in [-0.1, -0.05) is 19.8 Å². The van der Waals surface area contributed by atoms with Gasteiger partial charge in [0.05, 0.1) is 99.4 Å². The molecule has 0 N–H and O–H groups in total. The van der Waals surface area contributed by atoms with Crippen LogP contribution in [0.15, 0.2) is 0 Å². The molecule has 0 aromatic rings. The maximum absolute atomic E-state index is 10.9. The Labute approximate surface area is 181 Å². The molecule has 0 aromatic heterocycles. The summed E-state index contributed by atoms with van der Waals surface area (Å²) in [4.78, 5) is 10.9. The summed E-state index contributed by atoms with van der Waals surface area (Å²) >= 11 is 0. The van der Waals surface area contributed by atoms with Crippen molar-refractivity contribution >= 4 is 5.97 Å². The Bertz CT molecular complexity index is 342. The molecule has 0 aliphatic heterocycles. The maximum Gasteiger partial charge on any atom is 0.307 e. The van der Waals surface area contributed by atoms with Crippen LogP contribution in [0.5, 0.6) is 0 Å². The molecule has 0 spiro atoms. The van der Waals surface area contributed by atoms with Gasteiger partial charge in [-0.2, -0.15) is 0 Å². The summed E-state index contributed by atoms with van der Waals surface area (Å²) in [6.07, 6.45) is 3.80. The summed E-state index contributed by atoms with van der Waals surface area (Å²) < 4.78 is 42.2. The SMILES string of the molecule is CCCCCOCCOCCOCCOCCOCCOCCOCCC(=O)OC. The van der Waals surface area contributed by atoms with Gasteiger partial charge in [-0.25, -0.2) is 0 Å². The summed E-state index contributed by atoms with van der Waals surface area (Å²) in [5.74, 6) is -0.276. The molecule has 0 radical (unpaired) electrons. The first-order chi connectivity index (χ1) is 14.8. The molecule has 30 heavy (non-hydrogen) atoms. The molecule has 0 rings (SSSR count). The van der Waals surface area contributed by atoms with Gasteiger partial charge in [0.1, 0.15) is 0 Å². The molecule has 180 valence electrons. The minimum atomic E-state index is -0.276. The molecule has 0 aliphatic rings. The first kappa shape index (κ1) is 29.2. The molecule has 0 saturated heterocycles. The maximum atomic E-state index is 10.9. The molecule has 0 unspecified atom stereocenters. The molecule has 0 aromatic carbocycles. The van der Waals surface area contributed by atoms with Crippen molar-refractivity contribution in [2.45, 2.75) is 32.6 Å². The summed E-state index contributed by atoms with van der Waals surface area (Å²) in [6.45, 7) is 9.71. The third kappa shape index (κ3) is 25.2. The van der Waals surface area contributed by atoms with E-state index in [0.29, 0.717) is 85.9 Å². The van der Waals surface area contributed by atoms with Gasteiger partial charge in [0.15, 0.2) is 0 Å². The van der Waals surface area contributed by atoms with Crippen molar-refractivity contribution in [3.8, 4) is 0 Å². The highest BCUT2D eigenvalue weighted by molar-refractivity contribution is 5.69. The fourth-order valence-electron chi connectivity index (χ4n) is 2.13. The van der Waals surface area contributed by atoms with Crippen LogP contribution >= 0.6 is 0 Å². The van der Waals surface area contributed by atoms with Crippen LogP contribution in [0.25, 0.3) is 0 Å². The summed E-state index contributed by atoms with van der Waals surface area (Å²) in [6, 6.07) is 0. The molecule has 0 fully saturated rings. The Hall–Kier alpha value is -0.810. The Morgan fingerprint density at radius 1 is 0.500 bits per heavy atom. The number of unbranched alkanes of at least 4 members (excludes halogenated alkanes) is 2. The fraction of sp³-hybridized carbons (Fsp3) is 0.952. The molecule has 9 heteroatoms. The van der Waals surface area contributed by atoms with Crippen molar-refractivity contribution < 1.29 is 42.7 Å². The molecular formula is C21H42O9. The largest absolute Gasteiger partial charge is 0.469 e. The lowest BCUT2D eigenvalue weighted by atomic mass is 10.3. The summed E-state index contributed by atoms with van der Waals surface area (Å²) in [5, 5.41) is 0. The standard InChI is InChI=1S/C21H42O9/c1-3-4-5-7-24-9-11-26-13-15-28-17-19-30-20-18-29-16-14-27-12-10-25-8-6-21(22)23-2/h3-20H2,1-2H3. The van der Waals surface area contributed by atoms with Crippen LogP contribution in [0.4, 0.5) is 0 Å². The van der Waals surface area contributed by atoms with Crippen molar-refractivity contribution in [3.63, 3.8) is 0 Å². The molecule has 0 atom stereocenters. The quantitative estimate of drug-likeness (QED) is 0.156. The first-order valence-electron chi connectivity index (χ1n) is 10.9. The molecule has 0 heterocycles. The number of carbonyl (C=O) groups is 1. The third-order valence-electron chi connectivity index (χ3n) is 3.80. The van der Waals surface area contributed by atoms with Gasteiger partial charge in [0.2, 0.25) is 0 Å². The molecule has 0 aliphatic carbocycles. The van der Waals surface area contributed by atoms with Crippen molar-refractivity contribution in [2.75, 3.05) is 99.6 Å². The first-order valence-corrected chi connectivity index (χ1v) is 10.9. The lowest BCUT2D eigenvalue weighted by Crippen LogP contribution is -2.14. The smallest absolute Gasteiger partial charge is 0.307 e. The van der Waals surface area contributed by atoms with E-state index in [0.717, 1.165) is 13.0 Å². The van der Waals surface area contributed by atoms with Crippen LogP contribution in [0, 0.1) is 0 Å². The number of hydrogen-bond donors (Lipinski definition) is 0. The van der Waals surface area contributed by atoms with Crippen LogP contribution in [0.3, 0.4) is 0 Å². The van der Waals surface area contributed by atoms with Crippen LogP contribution in [-0.4, -0.2) is 106 Å². The van der Waals surface area contributed by atoms with Gasteiger partial charge in [0, 0.05) is 6.61 Å². The zero-order chi connectivity index (χ0) is 22.0. The van der Waals surface area contributed by atoms with Crippen molar-refractivity contribution in [2.24, 2.45) is 0 Å². The number of ether oxygens (including phenoxy) is 8. The zero-order valence-corrected chi connectivity index (χ0v) is 18.9. The topological polar surface area (TPSA) is 90.9 Å². The van der Waals surface area contributed by atoms with Crippen molar-refractivity contribution in [3.05, 3.63) is 0 Å². The van der Waals surface area contributed by atoms with Gasteiger partial charge in [0.25, 0.3) is 0 Å². The predicted octanol–water partition coefficient (Wildman–Crippen LogP) is 1.86. The van der Waals surface area contributed by atoms with Crippen molar-refractivity contribution in [1.29, 1.82) is 0 Å². The number of methoxy groups -OCH3 is 1. The van der Waals surface area contributed by atoms with E-state index in [2.05, 4.69) is 11.7 Å². The predicted molar refractivity (Wildman–Crippen MR) is 112 cm³/mol. The van der Waals surface area contributed by atoms with E-state index < -0.39 is 0 Å². The van der Waals surface area contributed by atoms with E-state index >= 15 is 0 Å².